The van der Waals surface area contributed by atoms with E-state index < -0.39 is 0 Å². The van der Waals surface area contributed by atoms with Gasteiger partial charge in [0.2, 0.25) is 0 Å². The Hall–Kier alpha value is -2.09. The minimum Gasteiger partial charge on any atom is -0.496 e. The van der Waals surface area contributed by atoms with Gasteiger partial charge in [0.05, 0.1) is 7.11 Å². The van der Waals surface area contributed by atoms with Crippen molar-refractivity contribution in [1.29, 1.82) is 0 Å². The van der Waals surface area contributed by atoms with Crippen molar-refractivity contribution in [2.75, 3.05) is 7.11 Å². The number of ether oxygens (including phenoxy) is 1. The van der Waals surface area contributed by atoms with Gasteiger partial charge in [-0.15, -0.1) is 0 Å². The highest BCUT2D eigenvalue weighted by Gasteiger charge is 2.12. The molecule has 2 heteroatoms. The highest BCUT2D eigenvalue weighted by molar-refractivity contribution is 5.97. The smallest absolute Gasteiger partial charge is 0.162 e. The topological polar surface area (TPSA) is 26.3 Å². The van der Waals surface area contributed by atoms with Gasteiger partial charge in [-0.3, -0.25) is 4.79 Å². The molecule has 104 valence electrons. The summed E-state index contributed by atoms with van der Waals surface area (Å²) in [7, 11) is 1.68. The van der Waals surface area contributed by atoms with E-state index in [2.05, 4.69) is 19.9 Å². The summed E-state index contributed by atoms with van der Waals surface area (Å²) < 4.78 is 5.50. The average Bonchev–Trinajstić information content (AvgIpc) is 2.45. The maximum absolute atomic E-state index is 11.9. The lowest BCUT2D eigenvalue weighted by atomic mass is 9.95. The molecule has 20 heavy (non-hydrogen) atoms. The third-order valence-corrected chi connectivity index (χ3v) is 3.46. The van der Waals surface area contributed by atoms with Gasteiger partial charge in [-0.05, 0) is 42.7 Å². The molecule has 0 aliphatic rings. The largest absolute Gasteiger partial charge is 0.496 e. The maximum Gasteiger partial charge on any atom is 0.162 e. The van der Waals surface area contributed by atoms with Crippen LogP contribution in [0.4, 0.5) is 0 Å². The van der Waals surface area contributed by atoms with E-state index in [-0.39, 0.29) is 5.78 Å². The molecule has 2 nitrogen and oxygen atoms in total. The van der Waals surface area contributed by atoms with Crippen LogP contribution in [0.3, 0.4) is 0 Å². The number of hydrogen-bond donors (Lipinski definition) is 0. The molecular formula is C18H20O2. The zero-order chi connectivity index (χ0) is 14.7. The molecule has 2 rings (SSSR count). The van der Waals surface area contributed by atoms with E-state index in [0.717, 1.165) is 28.0 Å². The number of ketones is 1. The number of carbonyl (C=O) groups excluding carboxylic acids is 1. The minimum atomic E-state index is 0.163. The van der Waals surface area contributed by atoms with Crippen molar-refractivity contribution in [3.63, 3.8) is 0 Å². The van der Waals surface area contributed by atoms with Gasteiger partial charge in [-0.25, -0.2) is 0 Å². The zero-order valence-electron chi connectivity index (χ0n) is 12.5. The van der Waals surface area contributed by atoms with Gasteiger partial charge in [0.25, 0.3) is 0 Å². The molecule has 0 aromatic heterocycles. The Balaban J connectivity index is 2.59. The van der Waals surface area contributed by atoms with Crippen molar-refractivity contribution in [2.24, 2.45) is 0 Å². The van der Waals surface area contributed by atoms with Crippen LogP contribution in [0, 0.1) is 13.8 Å². The fraction of sp³-hybridized carbons (Fsp3) is 0.278. The second kappa shape index (κ2) is 5.91. The van der Waals surface area contributed by atoms with Crippen LogP contribution < -0.4 is 4.74 Å². The lowest BCUT2D eigenvalue weighted by Crippen LogP contribution is -1.98. The first-order valence-electron chi connectivity index (χ1n) is 6.85. The van der Waals surface area contributed by atoms with Crippen molar-refractivity contribution >= 4 is 5.78 Å². The molecule has 0 saturated heterocycles. The standard InChI is InChI=1S/C18H20O2/c1-5-16(19)14-7-6-8-15(11-14)18-13(3)9-12(2)10-17(18)20-4/h6-11H,5H2,1-4H3. The van der Waals surface area contributed by atoms with E-state index in [1.165, 1.54) is 5.56 Å². The predicted octanol–water partition coefficient (Wildman–Crippen LogP) is 4.57. The molecule has 0 aliphatic carbocycles. The molecule has 0 atom stereocenters. The first-order valence-corrected chi connectivity index (χ1v) is 6.85. The summed E-state index contributed by atoms with van der Waals surface area (Å²) in [6.07, 6.45) is 0.521. The number of rotatable bonds is 4. The van der Waals surface area contributed by atoms with Gasteiger partial charge in [0.15, 0.2) is 5.78 Å². The van der Waals surface area contributed by atoms with Crippen LogP contribution in [0.2, 0.25) is 0 Å². The van der Waals surface area contributed by atoms with E-state index in [9.17, 15) is 4.79 Å². The third-order valence-electron chi connectivity index (χ3n) is 3.46. The predicted molar refractivity (Wildman–Crippen MR) is 82.5 cm³/mol. The Kier molecular flexibility index (Phi) is 4.23. The van der Waals surface area contributed by atoms with E-state index in [0.29, 0.717) is 6.42 Å². The van der Waals surface area contributed by atoms with Crippen molar-refractivity contribution in [3.8, 4) is 16.9 Å². The number of benzene rings is 2. The van der Waals surface area contributed by atoms with Crippen LogP contribution in [0.5, 0.6) is 5.75 Å². The quantitative estimate of drug-likeness (QED) is 0.759. The summed E-state index contributed by atoms with van der Waals surface area (Å²) in [6.45, 7) is 6.00. The normalized spacial score (nSPS) is 10.4. The van der Waals surface area contributed by atoms with Crippen LogP contribution in [0.15, 0.2) is 36.4 Å². The van der Waals surface area contributed by atoms with Gasteiger partial charge in [0, 0.05) is 17.5 Å². The first kappa shape index (κ1) is 14.3. The van der Waals surface area contributed by atoms with Crippen molar-refractivity contribution in [1.82, 2.24) is 0 Å². The molecule has 0 heterocycles. The second-order valence-corrected chi connectivity index (χ2v) is 5.02. The van der Waals surface area contributed by atoms with Crippen LogP contribution in [0.25, 0.3) is 11.1 Å². The average molecular weight is 268 g/mol. The molecule has 0 spiro atoms. The molecule has 0 saturated carbocycles. The van der Waals surface area contributed by atoms with Crippen LogP contribution in [-0.4, -0.2) is 12.9 Å². The maximum atomic E-state index is 11.9. The van der Waals surface area contributed by atoms with E-state index in [1.54, 1.807) is 7.11 Å². The second-order valence-electron chi connectivity index (χ2n) is 5.02. The monoisotopic (exact) mass is 268 g/mol. The molecule has 0 amide bonds. The van der Waals surface area contributed by atoms with Gasteiger partial charge in [0.1, 0.15) is 5.75 Å². The number of carbonyl (C=O) groups is 1. The first-order chi connectivity index (χ1) is 9.56. The van der Waals surface area contributed by atoms with Crippen LogP contribution in [0.1, 0.15) is 34.8 Å². The molecule has 0 bridgehead atoms. The third kappa shape index (κ3) is 2.74. The molecule has 2 aromatic carbocycles. The van der Waals surface area contributed by atoms with Crippen molar-refractivity contribution in [2.45, 2.75) is 27.2 Å². The fourth-order valence-corrected chi connectivity index (χ4v) is 2.51. The summed E-state index contributed by atoms with van der Waals surface area (Å²) >= 11 is 0. The van der Waals surface area contributed by atoms with E-state index >= 15 is 0 Å². The van der Waals surface area contributed by atoms with E-state index in [4.69, 9.17) is 4.74 Å². The summed E-state index contributed by atoms with van der Waals surface area (Å²) in [5.74, 6) is 1.01. The Bertz CT molecular complexity index is 642. The molecule has 0 radical (unpaired) electrons. The van der Waals surface area contributed by atoms with Crippen LogP contribution in [-0.2, 0) is 0 Å². The minimum absolute atomic E-state index is 0.163. The number of aryl methyl sites for hydroxylation is 2. The Morgan fingerprint density at radius 1 is 1.15 bits per heavy atom. The van der Waals surface area contributed by atoms with Crippen molar-refractivity contribution < 1.29 is 9.53 Å². The molecule has 0 N–H and O–H groups in total. The molecule has 0 fully saturated rings. The molecule has 2 aromatic rings. The summed E-state index contributed by atoms with van der Waals surface area (Å²) in [4.78, 5) is 11.9. The summed E-state index contributed by atoms with van der Waals surface area (Å²) in [5, 5.41) is 0. The SMILES string of the molecule is CCC(=O)c1cccc(-c2c(C)cc(C)cc2OC)c1. The van der Waals surface area contributed by atoms with Gasteiger partial charge >= 0.3 is 0 Å². The summed E-state index contributed by atoms with van der Waals surface area (Å²) in [5.41, 5.74) is 5.17. The zero-order valence-corrected chi connectivity index (χ0v) is 12.5. The van der Waals surface area contributed by atoms with Gasteiger partial charge in [-0.1, -0.05) is 31.2 Å². The van der Waals surface area contributed by atoms with Crippen molar-refractivity contribution in [3.05, 3.63) is 53.1 Å². The molecule has 0 unspecified atom stereocenters. The summed E-state index contributed by atoms with van der Waals surface area (Å²) in [6, 6.07) is 11.9. The number of hydrogen-bond acceptors (Lipinski definition) is 2. The van der Waals surface area contributed by atoms with Crippen LogP contribution >= 0.6 is 0 Å². The Morgan fingerprint density at radius 3 is 2.55 bits per heavy atom. The lowest BCUT2D eigenvalue weighted by Gasteiger charge is -2.14. The fourth-order valence-electron chi connectivity index (χ4n) is 2.51. The Morgan fingerprint density at radius 2 is 1.90 bits per heavy atom. The number of methoxy groups -OCH3 is 1. The number of Topliss-reactive ketones (excluding diaryl/α,β-unsaturated/α-hetero) is 1. The highest BCUT2D eigenvalue weighted by Crippen LogP contribution is 2.34. The Labute approximate surface area is 120 Å². The van der Waals surface area contributed by atoms with E-state index in [1.807, 2.05) is 37.3 Å². The van der Waals surface area contributed by atoms with Gasteiger partial charge in [-0.2, -0.15) is 0 Å². The molecule has 0 aliphatic heterocycles. The highest BCUT2D eigenvalue weighted by atomic mass is 16.5. The molecular weight excluding hydrogens is 248 g/mol. The lowest BCUT2D eigenvalue weighted by molar-refractivity contribution is 0.0988. The van der Waals surface area contributed by atoms with Gasteiger partial charge < -0.3 is 4.74 Å².